The lowest BCUT2D eigenvalue weighted by atomic mass is 9.85. The Labute approximate surface area is 146 Å². The Morgan fingerprint density at radius 3 is 2.83 bits per heavy atom. The average Bonchev–Trinajstić information content (AvgIpc) is 2.54. The second kappa shape index (κ2) is 8.89. The van der Waals surface area contributed by atoms with Crippen LogP contribution >= 0.6 is 11.8 Å². The number of hydrogen-bond acceptors (Lipinski definition) is 5. The first-order valence-corrected chi connectivity index (χ1v) is 9.23. The molecular weight excluding hydrogens is 328 g/mol. The van der Waals surface area contributed by atoms with Gasteiger partial charge in [0, 0.05) is 24.8 Å². The minimum atomic E-state index is -0.812. The topological polar surface area (TPSA) is 94.6 Å². The third-order valence-corrected chi connectivity index (χ3v) is 4.81. The van der Waals surface area contributed by atoms with Crippen molar-refractivity contribution in [3.05, 3.63) is 23.9 Å². The monoisotopic (exact) mass is 352 g/mol. The zero-order valence-corrected chi connectivity index (χ0v) is 14.8. The molecule has 0 spiro atoms. The Bertz CT molecular complexity index is 578. The first-order chi connectivity index (χ1) is 11.5. The van der Waals surface area contributed by atoms with E-state index >= 15 is 0 Å². The van der Waals surface area contributed by atoms with E-state index in [9.17, 15) is 9.59 Å². The Hall–Kier alpha value is -1.80. The minimum Gasteiger partial charge on any atom is -0.480 e. The van der Waals surface area contributed by atoms with Crippen LogP contribution in [0.4, 0.5) is 4.79 Å². The van der Waals surface area contributed by atoms with Gasteiger partial charge in [-0.15, -0.1) is 11.8 Å². The van der Waals surface area contributed by atoms with Crippen molar-refractivity contribution in [2.75, 3.05) is 19.3 Å². The number of urea groups is 1. The van der Waals surface area contributed by atoms with Crippen LogP contribution < -0.4 is 10.6 Å². The number of nitrogens with zero attached hydrogens (tertiary/aromatic N) is 2. The Morgan fingerprint density at radius 2 is 2.21 bits per heavy atom. The highest BCUT2D eigenvalue weighted by atomic mass is 32.2. The summed E-state index contributed by atoms with van der Waals surface area (Å²) >= 11 is 1.56. The number of pyridine rings is 1. The first-order valence-electron chi connectivity index (χ1n) is 8.01. The number of aliphatic carboxylic acids is 1. The Balaban J connectivity index is 1.69. The molecule has 3 N–H and O–H groups in total. The molecule has 1 aliphatic carbocycles. The van der Waals surface area contributed by atoms with E-state index in [-0.39, 0.29) is 24.7 Å². The van der Waals surface area contributed by atoms with Gasteiger partial charge in [-0.25, -0.2) is 9.78 Å². The molecule has 0 unspecified atom stereocenters. The predicted molar refractivity (Wildman–Crippen MR) is 93.1 cm³/mol. The molecule has 7 nitrogen and oxygen atoms in total. The smallest absolute Gasteiger partial charge is 0.317 e. The van der Waals surface area contributed by atoms with Crippen LogP contribution in [0.3, 0.4) is 0 Å². The molecule has 0 atom stereocenters. The average molecular weight is 352 g/mol. The van der Waals surface area contributed by atoms with Crippen molar-refractivity contribution in [2.24, 2.45) is 0 Å². The third kappa shape index (κ3) is 5.38. The normalized spacial score (nSPS) is 19.6. The zero-order chi connectivity index (χ0) is 17.5. The van der Waals surface area contributed by atoms with Gasteiger partial charge in [-0.05, 0) is 43.3 Å². The molecule has 8 heteroatoms. The highest BCUT2D eigenvalue weighted by molar-refractivity contribution is 7.98. The maximum atomic E-state index is 11.9. The second-order valence-corrected chi connectivity index (χ2v) is 6.64. The Kier molecular flexibility index (Phi) is 6.86. The van der Waals surface area contributed by atoms with Crippen LogP contribution in [0.5, 0.6) is 0 Å². The molecule has 1 saturated carbocycles. The van der Waals surface area contributed by atoms with E-state index in [0.29, 0.717) is 13.1 Å². The molecular formula is C16H24N4O3S. The van der Waals surface area contributed by atoms with Crippen LogP contribution in [0.15, 0.2) is 23.4 Å². The summed E-state index contributed by atoms with van der Waals surface area (Å²) in [5, 5.41) is 15.6. The molecule has 0 aliphatic heterocycles. The molecule has 0 radical (unpaired) electrons. The lowest BCUT2D eigenvalue weighted by Gasteiger charge is -2.42. The summed E-state index contributed by atoms with van der Waals surface area (Å²) < 4.78 is 0. The predicted octanol–water partition coefficient (Wildman–Crippen LogP) is 1.54. The third-order valence-electron chi connectivity index (χ3n) is 4.17. The molecule has 0 saturated heterocycles. The fraction of sp³-hybridized carbons (Fsp3) is 0.562. The van der Waals surface area contributed by atoms with Crippen molar-refractivity contribution in [3.8, 4) is 0 Å². The summed E-state index contributed by atoms with van der Waals surface area (Å²) in [7, 11) is 0. The van der Waals surface area contributed by atoms with Crippen molar-refractivity contribution in [3.63, 3.8) is 0 Å². The van der Waals surface area contributed by atoms with Crippen molar-refractivity contribution in [1.82, 2.24) is 20.5 Å². The van der Waals surface area contributed by atoms with Gasteiger partial charge in [-0.2, -0.15) is 0 Å². The number of carboxylic acid groups (broad SMARTS) is 1. The molecule has 2 rings (SSSR count). The van der Waals surface area contributed by atoms with Gasteiger partial charge in [0.25, 0.3) is 0 Å². The Morgan fingerprint density at radius 1 is 1.46 bits per heavy atom. The van der Waals surface area contributed by atoms with Gasteiger partial charge in [0.05, 0.1) is 11.6 Å². The standard InChI is InChI=1S/C16H24N4O3S/c1-3-20(10-15(21)22)13-7-12(8-13)19-16(23)18-9-11-4-5-17-14(6-11)24-2/h4-6,12-13H,3,7-10H2,1-2H3,(H,21,22)(H2,18,19,23). The molecule has 0 aromatic carbocycles. The molecule has 24 heavy (non-hydrogen) atoms. The number of thioether (sulfide) groups is 1. The molecule has 2 amide bonds. The highest BCUT2D eigenvalue weighted by Crippen LogP contribution is 2.25. The number of likely N-dealkylation sites (N-methyl/N-ethyl adjacent to an activating group) is 1. The van der Waals surface area contributed by atoms with Gasteiger partial charge in [0.15, 0.2) is 0 Å². The quantitative estimate of drug-likeness (QED) is 0.615. The van der Waals surface area contributed by atoms with E-state index < -0.39 is 5.97 Å². The van der Waals surface area contributed by atoms with Gasteiger partial charge in [-0.1, -0.05) is 6.92 Å². The highest BCUT2D eigenvalue weighted by Gasteiger charge is 2.34. The molecule has 132 valence electrons. The second-order valence-electron chi connectivity index (χ2n) is 5.81. The summed E-state index contributed by atoms with van der Waals surface area (Å²) in [6, 6.07) is 3.99. The molecule has 0 bridgehead atoms. The van der Waals surface area contributed by atoms with Gasteiger partial charge < -0.3 is 15.7 Å². The van der Waals surface area contributed by atoms with Gasteiger partial charge >= 0.3 is 12.0 Å². The number of aromatic nitrogens is 1. The SMILES string of the molecule is CCN(CC(=O)O)C1CC(NC(=O)NCc2ccnc(SC)c2)C1. The fourth-order valence-corrected chi connectivity index (χ4v) is 3.20. The van der Waals surface area contributed by atoms with Crippen molar-refractivity contribution < 1.29 is 14.7 Å². The molecule has 1 aromatic rings. The number of carbonyl (C=O) groups excluding carboxylic acids is 1. The van der Waals surface area contributed by atoms with Gasteiger partial charge in [-0.3, -0.25) is 9.69 Å². The molecule has 1 aliphatic rings. The number of carbonyl (C=O) groups is 2. The summed E-state index contributed by atoms with van der Waals surface area (Å²) in [5.41, 5.74) is 1.01. The van der Waals surface area contributed by atoms with Crippen molar-refractivity contribution in [2.45, 2.75) is 43.4 Å². The van der Waals surface area contributed by atoms with Crippen LogP contribution in [0.2, 0.25) is 0 Å². The number of hydrogen-bond donors (Lipinski definition) is 3. The molecule has 1 fully saturated rings. The van der Waals surface area contributed by atoms with E-state index in [1.165, 1.54) is 0 Å². The number of carboxylic acids is 1. The maximum absolute atomic E-state index is 11.9. The van der Waals surface area contributed by atoms with E-state index in [1.54, 1.807) is 18.0 Å². The van der Waals surface area contributed by atoms with Crippen molar-refractivity contribution in [1.29, 1.82) is 0 Å². The lowest BCUT2D eigenvalue weighted by Crippen LogP contribution is -2.56. The molecule has 1 aromatic heterocycles. The molecule has 1 heterocycles. The zero-order valence-electron chi connectivity index (χ0n) is 14.0. The van der Waals surface area contributed by atoms with E-state index in [1.807, 2.05) is 30.2 Å². The van der Waals surface area contributed by atoms with Crippen LogP contribution in [0, 0.1) is 0 Å². The number of nitrogens with one attached hydrogen (secondary N) is 2. The van der Waals surface area contributed by atoms with Crippen LogP contribution in [0.25, 0.3) is 0 Å². The van der Waals surface area contributed by atoms with E-state index in [4.69, 9.17) is 5.11 Å². The minimum absolute atomic E-state index is 0.0555. The lowest BCUT2D eigenvalue weighted by molar-refractivity contribution is -0.139. The van der Waals surface area contributed by atoms with E-state index in [2.05, 4.69) is 15.6 Å². The largest absolute Gasteiger partial charge is 0.480 e. The summed E-state index contributed by atoms with van der Waals surface area (Å²) in [5.74, 6) is -0.812. The summed E-state index contributed by atoms with van der Waals surface area (Å²) in [6.45, 7) is 3.17. The maximum Gasteiger partial charge on any atom is 0.317 e. The van der Waals surface area contributed by atoms with Crippen molar-refractivity contribution >= 4 is 23.8 Å². The van der Waals surface area contributed by atoms with Gasteiger partial charge in [0.1, 0.15) is 0 Å². The van der Waals surface area contributed by atoms with Crippen LogP contribution in [0.1, 0.15) is 25.3 Å². The number of rotatable bonds is 8. The van der Waals surface area contributed by atoms with Crippen LogP contribution in [-0.2, 0) is 11.3 Å². The fourth-order valence-electron chi connectivity index (χ4n) is 2.77. The van der Waals surface area contributed by atoms with Crippen LogP contribution in [-0.4, -0.2) is 58.4 Å². The summed E-state index contributed by atoms with van der Waals surface area (Å²) in [4.78, 5) is 28.9. The van der Waals surface area contributed by atoms with Gasteiger partial charge in [0.2, 0.25) is 0 Å². The van der Waals surface area contributed by atoms with E-state index in [0.717, 1.165) is 23.4 Å². The first kappa shape index (κ1) is 18.5. The summed E-state index contributed by atoms with van der Waals surface area (Å²) in [6.07, 6.45) is 5.28. The number of amides is 2.